The van der Waals surface area contributed by atoms with E-state index in [1.807, 2.05) is 12.1 Å². The summed E-state index contributed by atoms with van der Waals surface area (Å²) in [6, 6.07) is 8.65. The lowest BCUT2D eigenvalue weighted by Crippen LogP contribution is -2.35. The van der Waals surface area contributed by atoms with E-state index in [2.05, 4.69) is 27.5 Å². The highest BCUT2D eigenvalue weighted by Crippen LogP contribution is 2.37. The van der Waals surface area contributed by atoms with Gasteiger partial charge in [0.25, 0.3) is 0 Å². The van der Waals surface area contributed by atoms with Crippen molar-refractivity contribution in [3.05, 3.63) is 30.0 Å². The molecular weight excluding hydrogens is 362 g/mol. The average molecular weight is 396 g/mol. The van der Waals surface area contributed by atoms with Gasteiger partial charge in [-0.25, -0.2) is 0 Å². The summed E-state index contributed by atoms with van der Waals surface area (Å²) in [5, 5.41) is 8.76. The molecule has 5 heteroatoms. The van der Waals surface area contributed by atoms with E-state index in [0.717, 1.165) is 37.1 Å². The fraction of sp³-hybridized carbons (Fsp3) is 0.667. The van der Waals surface area contributed by atoms with E-state index in [-0.39, 0.29) is 5.92 Å². The van der Waals surface area contributed by atoms with Crippen molar-refractivity contribution in [2.45, 2.75) is 63.8 Å². The maximum Gasteiger partial charge on any atom is 0.223 e. The zero-order chi connectivity index (χ0) is 19.6. The maximum absolute atomic E-state index is 12.4. The van der Waals surface area contributed by atoms with Crippen molar-refractivity contribution in [3.8, 4) is 0 Å². The van der Waals surface area contributed by atoms with E-state index >= 15 is 0 Å². The number of rotatable bonds is 6. The van der Waals surface area contributed by atoms with Gasteiger partial charge in [0, 0.05) is 17.3 Å². The molecule has 1 saturated carbocycles. The van der Waals surface area contributed by atoms with E-state index in [0.29, 0.717) is 23.8 Å². The summed E-state index contributed by atoms with van der Waals surface area (Å²) in [5.74, 6) is 1.92. The lowest BCUT2D eigenvalue weighted by Gasteiger charge is -2.32. The first-order valence-electron chi connectivity index (χ1n) is 11.6. The van der Waals surface area contributed by atoms with E-state index in [1.165, 1.54) is 57.0 Å². The van der Waals surface area contributed by atoms with Crippen LogP contribution in [0.2, 0.25) is 0 Å². The first-order valence-corrected chi connectivity index (χ1v) is 11.6. The number of carbonyl (C=O) groups excluding carboxylic acids is 1. The summed E-state index contributed by atoms with van der Waals surface area (Å²) in [6.07, 6.45) is 10.7. The van der Waals surface area contributed by atoms with Crippen molar-refractivity contribution < 1.29 is 9.32 Å². The summed E-state index contributed by atoms with van der Waals surface area (Å²) >= 11 is 0. The SMILES string of the molecule is O=C1NC2CCCCC2C1CCCN1CCC(Cc2noc3ccccc23)CC1. The topological polar surface area (TPSA) is 58.4 Å². The van der Waals surface area contributed by atoms with E-state index < -0.39 is 0 Å². The van der Waals surface area contributed by atoms with Crippen LogP contribution in [0.4, 0.5) is 0 Å². The van der Waals surface area contributed by atoms with E-state index in [9.17, 15) is 4.79 Å². The molecule has 3 fully saturated rings. The van der Waals surface area contributed by atoms with E-state index in [1.54, 1.807) is 0 Å². The zero-order valence-electron chi connectivity index (χ0n) is 17.3. The Morgan fingerprint density at radius 3 is 2.83 bits per heavy atom. The van der Waals surface area contributed by atoms with Gasteiger partial charge in [-0.2, -0.15) is 0 Å². The number of amides is 1. The van der Waals surface area contributed by atoms with Gasteiger partial charge in [-0.3, -0.25) is 4.79 Å². The van der Waals surface area contributed by atoms with Crippen LogP contribution >= 0.6 is 0 Å². The molecule has 1 N–H and O–H groups in total. The Hall–Kier alpha value is -1.88. The number of hydrogen-bond donors (Lipinski definition) is 1. The Labute approximate surface area is 173 Å². The molecule has 1 aliphatic carbocycles. The molecule has 5 nitrogen and oxygen atoms in total. The molecule has 0 radical (unpaired) electrons. The zero-order valence-corrected chi connectivity index (χ0v) is 17.3. The highest BCUT2D eigenvalue weighted by molar-refractivity contribution is 5.82. The minimum atomic E-state index is 0.276. The number of benzene rings is 1. The second-order valence-corrected chi connectivity index (χ2v) is 9.43. The third-order valence-corrected chi connectivity index (χ3v) is 7.63. The van der Waals surface area contributed by atoms with Crippen LogP contribution in [0.1, 0.15) is 57.1 Å². The second-order valence-electron chi connectivity index (χ2n) is 9.43. The highest BCUT2D eigenvalue weighted by Gasteiger charge is 2.42. The molecule has 3 aliphatic rings. The summed E-state index contributed by atoms with van der Waals surface area (Å²) in [6.45, 7) is 3.48. The molecule has 3 heterocycles. The van der Waals surface area contributed by atoms with Gasteiger partial charge in [0.1, 0.15) is 0 Å². The molecule has 1 aromatic carbocycles. The third-order valence-electron chi connectivity index (χ3n) is 7.63. The Bertz CT molecular complexity index is 840. The van der Waals surface area contributed by atoms with Crippen LogP contribution in [0, 0.1) is 17.8 Å². The van der Waals surface area contributed by atoms with Crippen molar-refractivity contribution in [1.82, 2.24) is 15.4 Å². The van der Waals surface area contributed by atoms with Crippen molar-refractivity contribution in [1.29, 1.82) is 0 Å². The summed E-state index contributed by atoms with van der Waals surface area (Å²) in [4.78, 5) is 15.0. The molecule has 3 atom stereocenters. The van der Waals surface area contributed by atoms with Gasteiger partial charge in [0.05, 0.1) is 5.69 Å². The van der Waals surface area contributed by atoms with Crippen LogP contribution in [0.3, 0.4) is 0 Å². The minimum absolute atomic E-state index is 0.276. The molecule has 1 amide bonds. The predicted octanol–water partition coefficient (Wildman–Crippen LogP) is 4.17. The number of aromatic nitrogens is 1. The Morgan fingerprint density at radius 2 is 1.93 bits per heavy atom. The summed E-state index contributed by atoms with van der Waals surface area (Å²) in [7, 11) is 0. The highest BCUT2D eigenvalue weighted by atomic mass is 16.5. The van der Waals surface area contributed by atoms with Gasteiger partial charge in [0.2, 0.25) is 5.91 Å². The van der Waals surface area contributed by atoms with Crippen molar-refractivity contribution >= 4 is 16.9 Å². The number of para-hydroxylation sites is 1. The lowest BCUT2D eigenvalue weighted by molar-refractivity contribution is -0.123. The number of nitrogens with zero attached hydrogens (tertiary/aromatic N) is 2. The maximum atomic E-state index is 12.4. The minimum Gasteiger partial charge on any atom is -0.356 e. The van der Waals surface area contributed by atoms with Gasteiger partial charge >= 0.3 is 0 Å². The van der Waals surface area contributed by atoms with Gasteiger partial charge in [0.15, 0.2) is 5.58 Å². The first-order chi connectivity index (χ1) is 14.3. The van der Waals surface area contributed by atoms with Gasteiger partial charge < -0.3 is 14.7 Å². The van der Waals surface area contributed by atoms with Crippen molar-refractivity contribution in [3.63, 3.8) is 0 Å². The second kappa shape index (κ2) is 8.47. The van der Waals surface area contributed by atoms with Crippen LogP contribution in [0.25, 0.3) is 11.0 Å². The molecule has 29 heavy (non-hydrogen) atoms. The summed E-state index contributed by atoms with van der Waals surface area (Å²) < 4.78 is 5.47. The van der Waals surface area contributed by atoms with Crippen LogP contribution in [-0.2, 0) is 11.2 Å². The molecule has 5 rings (SSSR count). The van der Waals surface area contributed by atoms with Crippen LogP contribution in [-0.4, -0.2) is 41.6 Å². The molecule has 2 aromatic rings. The predicted molar refractivity (Wildman–Crippen MR) is 113 cm³/mol. The molecule has 3 unspecified atom stereocenters. The smallest absolute Gasteiger partial charge is 0.223 e. The van der Waals surface area contributed by atoms with Crippen molar-refractivity contribution in [2.24, 2.45) is 17.8 Å². The third kappa shape index (κ3) is 4.07. The first kappa shape index (κ1) is 19.1. The van der Waals surface area contributed by atoms with Crippen LogP contribution in [0.5, 0.6) is 0 Å². The molecule has 2 aliphatic heterocycles. The standard InChI is InChI=1S/C24H33N3O2/c28-24-19(18-6-1-3-9-21(18)25-24)8-5-13-27-14-11-17(12-15-27)16-22-20-7-2-4-10-23(20)29-26-22/h2,4,7,10,17-19,21H,1,3,5-6,8-9,11-16H2,(H,25,28). The largest absolute Gasteiger partial charge is 0.356 e. The average Bonchev–Trinajstić information content (AvgIpc) is 3.30. The van der Waals surface area contributed by atoms with Crippen LogP contribution < -0.4 is 5.32 Å². The fourth-order valence-electron chi connectivity index (χ4n) is 5.96. The Balaban J connectivity index is 1.06. The lowest BCUT2D eigenvalue weighted by atomic mass is 9.78. The van der Waals surface area contributed by atoms with Gasteiger partial charge in [-0.1, -0.05) is 30.1 Å². The van der Waals surface area contributed by atoms with Gasteiger partial charge in [-0.15, -0.1) is 0 Å². The number of carbonyl (C=O) groups is 1. The number of hydrogen-bond acceptors (Lipinski definition) is 4. The molecule has 1 aromatic heterocycles. The molecular formula is C24H33N3O2. The number of piperidine rings is 1. The Kier molecular flexibility index (Phi) is 5.58. The van der Waals surface area contributed by atoms with Crippen LogP contribution in [0.15, 0.2) is 28.8 Å². The number of nitrogens with one attached hydrogen (secondary N) is 1. The monoisotopic (exact) mass is 395 g/mol. The fourth-order valence-corrected chi connectivity index (χ4v) is 5.96. The van der Waals surface area contributed by atoms with E-state index in [4.69, 9.17) is 4.52 Å². The van der Waals surface area contributed by atoms with Crippen molar-refractivity contribution in [2.75, 3.05) is 19.6 Å². The normalized spacial score (nSPS) is 28.6. The molecule has 0 bridgehead atoms. The molecule has 0 spiro atoms. The number of fused-ring (bicyclic) bond motifs is 2. The number of likely N-dealkylation sites (tertiary alicyclic amines) is 1. The van der Waals surface area contributed by atoms with Gasteiger partial charge in [-0.05, 0) is 88.5 Å². The summed E-state index contributed by atoms with van der Waals surface area (Å²) in [5.41, 5.74) is 2.02. The Morgan fingerprint density at radius 1 is 1.10 bits per heavy atom. The molecule has 156 valence electrons. The quantitative estimate of drug-likeness (QED) is 0.798. The molecule has 2 saturated heterocycles.